The first-order chi connectivity index (χ1) is 11.0. The molecule has 2 rings (SSSR count). The Morgan fingerprint density at radius 1 is 1.26 bits per heavy atom. The van der Waals surface area contributed by atoms with Crippen molar-refractivity contribution in [3.05, 3.63) is 22.7 Å². The van der Waals surface area contributed by atoms with Crippen LogP contribution < -0.4 is 10.1 Å². The quantitative estimate of drug-likeness (QED) is 0.865. The first-order valence-electron chi connectivity index (χ1n) is 8.12. The molecule has 0 aliphatic carbocycles. The molecule has 1 heterocycles. The van der Waals surface area contributed by atoms with Crippen LogP contribution in [0, 0.1) is 6.92 Å². The van der Waals surface area contributed by atoms with Crippen molar-refractivity contribution in [2.45, 2.75) is 20.3 Å². The van der Waals surface area contributed by atoms with Crippen molar-refractivity contribution < 1.29 is 9.53 Å². The highest BCUT2D eigenvalue weighted by molar-refractivity contribution is 6.31. The van der Waals surface area contributed by atoms with Crippen LogP contribution in [0.3, 0.4) is 0 Å². The number of halogens is 1. The maximum Gasteiger partial charge on any atom is 0.225 e. The number of nitrogens with one attached hydrogen (secondary N) is 1. The summed E-state index contributed by atoms with van der Waals surface area (Å²) in [5.74, 6) is 0.591. The molecule has 1 aliphatic rings. The number of carbonyl (C=O) groups is 1. The van der Waals surface area contributed by atoms with Crippen LogP contribution in [-0.4, -0.2) is 62.1 Å². The average molecular weight is 340 g/mol. The molecule has 23 heavy (non-hydrogen) atoms. The van der Waals surface area contributed by atoms with Crippen molar-refractivity contribution >= 4 is 23.2 Å². The number of anilines is 1. The van der Waals surface area contributed by atoms with E-state index in [2.05, 4.69) is 22.0 Å². The maximum absolute atomic E-state index is 12.2. The Morgan fingerprint density at radius 2 is 1.91 bits per heavy atom. The molecule has 0 unspecified atom stereocenters. The van der Waals surface area contributed by atoms with E-state index in [0.29, 0.717) is 22.9 Å². The van der Waals surface area contributed by atoms with E-state index in [9.17, 15) is 4.79 Å². The third-order valence-corrected chi connectivity index (χ3v) is 4.73. The predicted molar refractivity (Wildman–Crippen MR) is 94.5 cm³/mol. The summed E-state index contributed by atoms with van der Waals surface area (Å²) in [6.45, 7) is 10.2. The number of hydrogen-bond acceptors (Lipinski definition) is 4. The molecular weight excluding hydrogens is 314 g/mol. The molecule has 0 atom stereocenters. The number of methoxy groups -OCH3 is 1. The summed E-state index contributed by atoms with van der Waals surface area (Å²) in [5.41, 5.74) is 1.59. The molecule has 1 N–H and O–H groups in total. The summed E-state index contributed by atoms with van der Waals surface area (Å²) >= 11 is 6.08. The van der Waals surface area contributed by atoms with Crippen molar-refractivity contribution in [2.75, 3.05) is 51.7 Å². The Balaban J connectivity index is 1.84. The van der Waals surface area contributed by atoms with E-state index in [4.69, 9.17) is 16.3 Å². The van der Waals surface area contributed by atoms with Crippen molar-refractivity contribution in [2.24, 2.45) is 0 Å². The van der Waals surface area contributed by atoms with E-state index < -0.39 is 0 Å². The van der Waals surface area contributed by atoms with Gasteiger partial charge in [0.15, 0.2) is 0 Å². The number of likely N-dealkylation sites (N-methyl/N-ethyl adjacent to an activating group) is 1. The van der Waals surface area contributed by atoms with Crippen molar-refractivity contribution in [1.82, 2.24) is 9.80 Å². The molecule has 0 spiro atoms. The number of ether oxygens (including phenoxy) is 1. The molecule has 1 saturated heterocycles. The second kappa shape index (κ2) is 8.52. The van der Waals surface area contributed by atoms with Crippen LogP contribution in [0.5, 0.6) is 5.75 Å². The van der Waals surface area contributed by atoms with Gasteiger partial charge in [0.05, 0.1) is 12.8 Å². The fraction of sp³-hybridized carbons (Fsp3) is 0.588. The molecule has 5 nitrogen and oxygen atoms in total. The summed E-state index contributed by atoms with van der Waals surface area (Å²) in [4.78, 5) is 17.0. The third-order valence-electron chi connectivity index (χ3n) is 4.32. The lowest BCUT2D eigenvalue weighted by molar-refractivity contribution is -0.116. The fourth-order valence-corrected chi connectivity index (χ4v) is 2.88. The smallest absolute Gasteiger partial charge is 0.225 e. The van der Waals surface area contributed by atoms with E-state index in [1.807, 2.05) is 13.0 Å². The van der Waals surface area contributed by atoms with Crippen molar-refractivity contribution in [1.29, 1.82) is 0 Å². The Hall–Kier alpha value is -1.30. The summed E-state index contributed by atoms with van der Waals surface area (Å²) < 4.78 is 5.29. The Labute approximate surface area is 143 Å². The lowest BCUT2D eigenvalue weighted by atomic mass is 10.2. The van der Waals surface area contributed by atoms with E-state index in [-0.39, 0.29) is 5.91 Å². The second-order valence-electron chi connectivity index (χ2n) is 5.88. The van der Waals surface area contributed by atoms with Gasteiger partial charge in [-0.15, -0.1) is 0 Å². The van der Waals surface area contributed by atoms with Gasteiger partial charge in [0, 0.05) is 50.2 Å². The molecule has 128 valence electrons. The first kappa shape index (κ1) is 18.0. The van der Waals surface area contributed by atoms with Gasteiger partial charge in [-0.3, -0.25) is 4.79 Å². The van der Waals surface area contributed by atoms with Gasteiger partial charge >= 0.3 is 0 Å². The number of aryl methyl sites for hydroxylation is 1. The summed E-state index contributed by atoms with van der Waals surface area (Å²) in [7, 11) is 1.57. The predicted octanol–water partition coefficient (Wildman–Crippen LogP) is 2.62. The SMILES string of the molecule is CCN1CCN(CCC(=O)Nc2cc(C)c(Cl)cc2OC)CC1. The topological polar surface area (TPSA) is 44.8 Å². The van der Waals surface area contributed by atoms with Gasteiger partial charge in [0.25, 0.3) is 0 Å². The lowest BCUT2D eigenvalue weighted by Crippen LogP contribution is -2.46. The number of benzene rings is 1. The van der Waals surface area contributed by atoms with E-state index in [1.54, 1.807) is 13.2 Å². The minimum absolute atomic E-state index is 0.00273. The number of amides is 1. The highest BCUT2D eigenvalue weighted by Crippen LogP contribution is 2.30. The molecule has 1 fully saturated rings. The number of piperazine rings is 1. The van der Waals surface area contributed by atoms with Gasteiger partial charge in [0.2, 0.25) is 5.91 Å². The van der Waals surface area contributed by atoms with Gasteiger partial charge in [-0.05, 0) is 25.1 Å². The number of carbonyl (C=O) groups excluding carboxylic acids is 1. The van der Waals surface area contributed by atoms with Crippen LogP contribution in [0.25, 0.3) is 0 Å². The Kier molecular flexibility index (Phi) is 6.69. The van der Waals surface area contributed by atoms with Gasteiger partial charge in [0.1, 0.15) is 5.75 Å². The van der Waals surface area contributed by atoms with E-state index in [0.717, 1.165) is 44.8 Å². The van der Waals surface area contributed by atoms with Gasteiger partial charge in [-0.1, -0.05) is 18.5 Å². The number of rotatable bonds is 6. The summed E-state index contributed by atoms with van der Waals surface area (Å²) in [5, 5.41) is 3.56. The first-order valence-corrected chi connectivity index (χ1v) is 8.50. The van der Waals surface area contributed by atoms with Crippen LogP contribution >= 0.6 is 11.6 Å². The lowest BCUT2D eigenvalue weighted by Gasteiger charge is -2.33. The Bertz CT molecular complexity index is 543. The molecule has 1 aliphatic heterocycles. The van der Waals surface area contributed by atoms with Gasteiger partial charge < -0.3 is 19.9 Å². The molecule has 0 saturated carbocycles. The molecule has 1 aromatic carbocycles. The number of nitrogens with zero attached hydrogens (tertiary/aromatic N) is 2. The van der Waals surface area contributed by atoms with Gasteiger partial charge in [-0.2, -0.15) is 0 Å². The zero-order valence-corrected chi connectivity index (χ0v) is 14.9. The number of hydrogen-bond donors (Lipinski definition) is 1. The zero-order valence-electron chi connectivity index (χ0n) is 14.2. The van der Waals surface area contributed by atoms with Crippen LogP contribution in [-0.2, 0) is 4.79 Å². The standard InChI is InChI=1S/C17H26ClN3O2/c1-4-20-7-9-21(10-8-20)6-5-17(22)19-15-11-13(2)14(18)12-16(15)23-3/h11-12H,4-10H2,1-3H3,(H,19,22). The summed E-state index contributed by atoms with van der Waals surface area (Å²) in [6, 6.07) is 3.58. The van der Waals surface area contributed by atoms with E-state index in [1.165, 1.54) is 0 Å². The van der Waals surface area contributed by atoms with Crippen LogP contribution in [0.15, 0.2) is 12.1 Å². The molecular formula is C17H26ClN3O2. The second-order valence-corrected chi connectivity index (χ2v) is 6.28. The highest BCUT2D eigenvalue weighted by Gasteiger charge is 2.17. The molecule has 0 radical (unpaired) electrons. The summed E-state index contributed by atoms with van der Waals surface area (Å²) in [6.07, 6.45) is 0.483. The minimum Gasteiger partial charge on any atom is -0.495 e. The minimum atomic E-state index is 0.00273. The monoisotopic (exact) mass is 339 g/mol. The van der Waals surface area contributed by atoms with Crippen molar-refractivity contribution in [3.8, 4) is 5.75 Å². The molecule has 1 amide bonds. The highest BCUT2D eigenvalue weighted by atomic mass is 35.5. The third kappa shape index (κ3) is 5.09. The zero-order chi connectivity index (χ0) is 16.8. The normalized spacial score (nSPS) is 16.3. The largest absolute Gasteiger partial charge is 0.495 e. The average Bonchev–Trinajstić information content (AvgIpc) is 2.56. The Morgan fingerprint density at radius 3 is 2.52 bits per heavy atom. The molecule has 1 aromatic rings. The molecule has 0 bridgehead atoms. The molecule has 0 aromatic heterocycles. The van der Waals surface area contributed by atoms with Crippen LogP contribution in [0.4, 0.5) is 5.69 Å². The van der Waals surface area contributed by atoms with E-state index >= 15 is 0 Å². The van der Waals surface area contributed by atoms with Crippen molar-refractivity contribution in [3.63, 3.8) is 0 Å². The van der Waals surface area contributed by atoms with Gasteiger partial charge in [-0.25, -0.2) is 0 Å². The fourth-order valence-electron chi connectivity index (χ4n) is 2.73. The molecule has 6 heteroatoms. The van der Waals surface area contributed by atoms with Crippen LogP contribution in [0.1, 0.15) is 18.9 Å². The maximum atomic E-state index is 12.2. The van der Waals surface area contributed by atoms with Crippen LogP contribution in [0.2, 0.25) is 5.02 Å².